The van der Waals surface area contributed by atoms with Gasteiger partial charge in [-0.1, -0.05) is 83.3 Å². The van der Waals surface area contributed by atoms with Crippen LogP contribution < -0.4 is 5.30 Å². The van der Waals surface area contributed by atoms with Crippen molar-refractivity contribution in [3.05, 3.63) is 66.2 Å². The second-order valence-electron chi connectivity index (χ2n) is 4.73. The van der Waals surface area contributed by atoms with Gasteiger partial charge in [0.25, 0.3) is 0 Å². The van der Waals surface area contributed by atoms with Gasteiger partial charge >= 0.3 is 0 Å². The molecule has 118 valence electrons. The van der Waals surface area contributed by atoms with Crippen LogP contribution in [0.4, 0.5) is 0 Å². The van der Waals surface area contributed by atoms with Crippen LogP contribution >= 0.6 is 42.2 Å². The highest BCUT2D eigenvalue weighted by atomic mass is 35.6. The van der Waals surface area contributed by atoms with Gasteiger partial charge in [-0.05, 0) is 12.1 Å². The van der Waals surface area contributed by atoms with E-state index in [1.807, 2.05) is 36.4 Å². The minimum absolute atomic E-state index is 0.0731. The smallest absolute Gasteiger partial charge is 0.250 e. The van der Waals surface area contributed by atoms with Crippen LogP contribution in [0.1, 0.15) is 5.56 Å². The van der Waals surface area contributed by atoms with E-state index in [1.165, 1.54) is 0 Å². The molecule has 0 aromatic heterocycles. The number of hydrogen-bond acceptors (Lipinski definition) is 3. The van der Waals surface area contributed by atoms with Crippen LogP contribution in [0.5, 0.6) is 0 Å². The average Bonchev–Trinajstić information content (AvgIpc) is 2.55. The molecule has 2 aromatic carbocycles. The van der Waals surface area contributed by atoms with E-state index < -0.39 is 11.2 Å². The molecule has 8 heteroatoms. The van der Waals surface area contributed by atoms with E-state index >= 15 is 0 Å². The van der Waals surface area contributed by atoms with E-state index in [0.29, 0.717) is 16.7 Å². The Kier molecular flexibility index (Phi) is 4.63. The van der Waals surface area contributed by atoms with Crippen LogP contribution in [0.2, 0.25) is 0 Å². The van der Waals surface area contributed by atoms with Gasteiger partial charge < -0.3 is 4.89 Å². The molecule has 4 nitrogen and oxygen atoms in total. The molecule has 2 aromatic rings. The minimum Gasteiger partial charge on any atom is -0.340 e. The Labute approximate surface area is 148 Å². The Morgan fingerprint density at radius 3 is 2.00 bits per heavy atom. The molecule has 0 saturated heterocycles. The lowest BCUT2D eigenvalue weighted by atomic mass is 10.2. The highest BCUT2D eigenvalue weighted by Crippen LogP contribution is 2.50. The Morgan fingerprint density at radius 2 is 1.43 bits per heavy atom. The van der Waals surface area contributed by atoms with Crippen LogP contribution in [-0.2, 0) is 0 Å². The Bertz CT molecular complexity index is 830. The second kappa shape index (κ2) is 6.39. The molecule has 1 heterocycles. The van der Waals surface area contributed by atoms with Gasteiger partial charge in [0.15, 0.2) is 11.7 Å². The zero-order valence-corrected chi connectivity index (χ0v) is 14.8. The first-order valence-corrected chi connectivity index (χ1v) is 9.39. The standard InChI is InChI=1S/C15H11Cl3N3OP/c16-15(17,18)14-19-13(11-7-3-1-4-8-11)20-23(22,21-14)12-9-5-2-6-10-12/h1-10,22H. The maximum atomic E-state index is 11.0. The molecule has 1 aliphatic rings. The fourth-order valence-corrected chi connectivity index (χ4v) is 4.17. The highest BCUT2D eigenvalue weighted by molar-refractivity contribution is 7.67. The van der Waals surface area contributed by atoms with E-state index in [4.69, 9.17) is 34.8 Å². The fourth-order valence-electron chi connectivity index (χ4n) is 2.00. The number of aliphatic imine (C=N–C) groups is 1. The van der Waals surface area contributed by atoms with Gasteiger partial charge in [-0.2, -0.15) is 9.51 Å². The predicted octanol–water partition coefficient (Wildman–Crippen LogP) is 4.56. The Morgan fingerprint density at radius 1 is 0.870 bits per heavy atom. The number of alkyl halides is 3. The lowest BCUT2D eigenvalue weighted by Gasteiger charge is -2.22. The van der Waals surface area contributed by atoms with E-state index in [9.17, 15) is 4.89 Å². The van der Waals surface area contributed by atoms with E-state index in [-0.39, 0.29) is 5.84 Å². The maximum absolute atomic E-state index is 11.0. The average molecular weight is 387 g/mol. The van der Waals surface area contributed by atoms with Gasteiger partial charge in [0.1, 0.15) is 0 Å². The van der Waals surface area contributed by atoms with Gasteiger partial charge in [0, 0.05) is 10.9 Å². The summed E-state index contributed by atoms with van der Waals surface area (Å²) in [5.41, 5.74) is 0.712. The summed E-state index contributed by atoms with van der Waals surface area (Å²) in [5, 5.41) is 0.565. The summed E-state index contributed by atoms with van der Waals surface area (Å²) in [6, 6.07) is 18.1. The molecule has 0 aliphatic carbocycles. The van der Waals surface area contributed by atoms with Gasteiger partial charge in [0.2, 0.25) is 11.2 Å². The number of benzene rings is 2. The first-order chi connectivity index (χ1) is 10.9. The number of halogens is 3. The quantitative estimate of drug-likeness (QED) is 0.597. The molecule has 1 atom stereocenters. The third-order valence-electron chi connectivity index (χ3n) is 3.07. The second-order valence-corrected chi connectivity index (χ2v) is 9.06. The van der Waals surface area contributed by atoms with Crippen molar-refractivity contribution in [3.8, 4) is 0 Å². The molecule has 0 radical (unpaired) electrons. The van der Waals surface area contributed by atoms with Gasteiger partial charge in [-0.25, -0.2) is 4.99 Å². The molecule has 0 amide bonds. The summed E-state index contributed by atoms with van der Waals surface area (Å²) in [6.07, 6.45) is 0. The molecular weight excluding hydrogens is 376 g/mol. The third-order valence-corrected chi connectivity index (χ3v) is 5.50. The molecule has 1 N–H and O–H groups in total. The zero-order chi connectivity index (χ0) is 16.5. The summed E-state index contributed by atoms with van der Waals surface area (Å²) in [6.45, 7) is 0. The van der Waals surface area contributed by atoms with Crippen LogP contribution in [0, 0.1) is 0 Å². The van der Waals surface area contributed by atoms with Crippen molar-refractivity contribution in [1.82, 2.24) is 0 Å². The number of nitrogens with zero attached hydrogens (tertiary/aromatic N) is 3. The molecule has 1 unspecified atom stereocenters. The molecule has 0 bridgehead atoms. The van der Waals surface area contributed by atoms with Crippen LogP contribution in [-0.4, -0.2) is 20.4 Å². The first-order valence-electron chi connectivity index (χ1n) is 6.61. The van der Waals surface area contributed by atoms with Crippen molar-refractivity contribution in [3.63, 3.8) is 0 Å². The fraction of sp³-hybridized carbons (Fsp3) is 0.0667. The van der Waals surface area contributed by atoms with Crippen LogP contribution in [0.25, 0.3) is 0 Å². The first kappa shape index (κ1) is 16.7. The SMILES string of the molecule is OP1(c2ccccc2)=NC(c2ccccc2)=NC(C(Cl)(Cl)Cl)=N1. The monoisotopic (exact) mass is 385 g/mol. The van der Waals surface area contributed by atoms with Crippen molar-refractivity contribution in [2.75, 3.05) is 0 Å². The van der Waals surface area contributed by atoms with Crippen molar-refractivity contribution in [2.24, 2.45) is 14.5 Å². The number of hydrogen-bond donors (Lipinski definition) is 1. The number of rotatable bonds is 2. The Balaban J connectivity index is 2.22. The van der Waals surface area contributed by atoms with Crippen LogP contribution in [0.15, 0.2) is 75.2 Å². The zero-order valence-electron chi connectivity index (χ0n) is 11.6. The molecule has 0 spiro atoms. The van der Waals surface area contributed by atoms with Crippen molar-refractivity contribution in [2.45, 2.75) is 3.79 Å². The summed E-state index contributed by atoms with van der Waals surface area (Å²) in [7, 11) is -3.26. The van der Waals surface area contributed by atoms with Gasteiger partial charge in [0.05, 0.1) is 0 Å². The molecule has 0 saturated carbocycles. The van der Waals surface area contributed by atoms with Crippen molar-refractivity contribution >= 4 is 59.2 Å². The largest absolute Gasteiger partial charge is 0.340 e. The summed E-state index contributed by atoms with van der Waals surface area (Å²) < 4.78 is 6.69. The van der Waals surface area contributed by atoms with Gasteiger partial charge in [-0.3, -0.25) is 0 Å². The molecule has 1 aliphatic heterocycles. The van der Waals surface area contributed by atoms with Crippen LogP contribution in [0.3, 0.4) is 0 Å². The van der Waals surface area contributed by atoms with E-state index in [2.05, 4.69) is 14.5 Å². The lowest BCUT2D eigenvalue weighted by Crippen LogP contribution is -2.22. The topological polar surface area (TPSA) is 57.3 Å². The third kappa shape index (κ3) is 3.68. The summed E-state index contributed by atoms with van der Waals surface area (Å²) >= 11 is 17.8. The van der Waals surface area contributed by atoms with E-state index in [1.54, 1.807) is 24.3 Å². The van der Waals surface area contributed by atoms with E-state index in [0.717, 1.165) is 0 Å². The lowest BCUT2D eigenvalue weighted by molar-refractivity contribution is 0.624. The van der Waals surface area contributed by atoms with Crippen molar-refractivity contribution < 1.29 is 4.89 Å². The molecule has 23 heavy (non-hydrogen) atoms. The molecule has 3 rings (SSSR count). The van der Waals surface area contributed by atoms with Gasteiger partial charge in [-0.15, -0.1) is 0 Å². The summed E-state index contributed by atoms with van der Waals surface area (Å²) in [4.78, 5) is 15.2. The minimum atomic E-state index is -3.26. The molecule has 0 fully saturated rings. The normalized spacial score (nSPS) is 21.2. The maximum Gasteiger partial charge on any atom is 0.250 e. The van der Waals surface area contributed by atoms with Crippen molar-refractivity contribution in [1.29, 1.82) is 0 Å². The highest BCUT2D eigenvalue weighted by Gasteiger charge is 2.35. The molecular formula is C15H11Cl3N3OP. The number of amidine groups is 2. The predicted molar refractivity (Wildman–Crippen MR) is 98.3 cm³/mol. The Hall–Kier alpha value is -1.16. The summed E-state index contributed by atoms with van der Waals surface area (Å²) in [5.74, 6) is 0.220.